The van der Waals surface area contributed by atoms with Crippen LogP contribution in [0.1, 0.15) is 46.0 Å². The maximum absolute atomic E-state index is 7.74. The Kier molecular flexibility index (Phi) is 8.60. The Morgan fingerprint density at radius 3 is 2.62 bits per heavy atom. The Labute approximate surface area is 91.7 Å². The van der Waals surface area contributed by atoms with E-state index in [4.69, 9.17) is 5.41 Å². The summed E-state index contributed by atoms with van der Waals surface area (Å²) in [7, 11) is 0. The van der Waals surface area contributed by atoms with Crippen molar-refractivity contribution in [1.29, 1.82) is 5.41 Å². The quantitative estimate of drug-likeness (QED) is 0.263. The molecule has 70 valence electrons. The molecule has 0 bridgehead atoms. The summed E-state index contributed by atoms with van der Waals surface area (Å²) in [5, 5.41) is 8.83. The van der Waals surface area contributed by atoms with Gasteiger partial charge in [-0.3, -0.25) is 0 Å². The number of nitrogens with one attached hydrogen (secondary N) is 1. The monoisotopic (exact) mass is 173 g/mol. The molecule has 1 N–H and O–H groups in total. The van der Waals surface area contributed by atoms with Crippen molar-refractivity contribution in [2.45, 2.75) is 51.0 Å². The minimum atomic E-state index is 0.886. The number of rotatable bonds is 7. The zero-order valence-electron chi connectivity index (χ0n) is 9.32. The fourth-order valence-electron chi connectivity index (χ4n) is 1.43. The summed E-state index contributed by atoms with van der Waals surface area (Å²) in [5.41, 5.74) is 2.25. The van der Waals surface area contributed by atoms with Crippen LogP contribution < -0.4 is 0 Å². The molecule has 0 radical (unpaired) electrons. The van der Waals surface area contributed by atoms with Gasteiger partial charge in [0.2, 0.25) is 0 Å². The van der Waals surface area contributed by atoms with Gasteiger partial charge in [0.25, 0.3) is 0 Å². The molecule has 2 heteroatoms. The summed E-state index contributed by atoms with van der Waals surface area (Å²) < 4.78 is 0. The van der Waals surface area contributed by atoms with Gasteiger partial charge < -0.3 is 0 Å². The zero-order chi connectivity index (χ0) is 10.1. The predicted molar refractivity (Wildman–Crippen MR) is 60.8 cm³/mol. The van der Waals surface area contributed by atoms with Gasteiger partial charge in [0.15, 0.2) is 0 Å². The fourth-order valence-corrected chi connectivity index (χ4v) is 1.43. The SMILES string of the molecule is [Li][CH2]C=C(C)CC(=N)CCCCC. The Morgan fingerprint density at radius 2 is 2.08 bits per heavy atom. The molecule has 0 fully saturated rings. The summed E-state index contributed by atoms with van der Waals surface area (Å²) in [6.45, 7) is 4.32. The Morgan fingerprint density at radius 1 is 1.38 bits per heavy atom. The van der Waals surface area contributed by atoms with E-state index in [1.807, 2.05) is 0 Å². The molecule has 1 nitrogen and oxygen atoms in total. The molecule has 0 aromatic rings. The number of hydrogen-bond donors (Lipinski definition) is 1. The van der Waals surface area contributed by atoms with E-state index >= 15 is 0 Å². The van der Waals surface area contributed by atoms with Gasteiger partial charge in [-0.15, -0.1) is 0 Å². The van der Waals surface area contributed by atoms with Crippen LogP contribution in [0.25, 0.3) is 0 Å². The fraction of sp³-hybridized carbons (Fsp3) is 0.727. The number of hydrogen-bond acceptors (Lipinski definition) is 1. The van der Waals surface area contributed by atoms with E-state index in [1.165, 1.54) is 24.8 Å². The van der Waals surface area contributed by atoms with Crippen LogP contribution in [0.15, 0.2) is 11.6 Å². The number of allylic oxidation sites excluding steroid dienone is 2. The van der Waals surface area contributed by atoms with Crippen LogP contribution >= 0.6 is 0 Å². The molecular weight excluding hydrogens is 153 g/mol. The Bertz CT molecular complexity index is 173. The van der Waals surface area contributed by atoms with E-state index in [0.29, 0.717) is 0 Å². The Balaban J connectivity index is 3.56. The molecule has 0 heterocycles. The van der Waals surface area contributed by atoms with Crippen molar-refractivity contribution in [3.8, 4) is 0 Å². The average Bonchev–Trinajstić information content (AvgIpc) is 2.05. The van der Waals surface area contributed by atoms with Gasteiger partial charge in [0.1, 0.15) is 0 Å². The average molecular weight is 173 g/mol. The predicted octanol–water partition coefficient (Wildman–Crippen LogP) is 3.51. The zero-order valence-corrected chi connectivity index (χ0v) is 9.32. The van der Waals surface area contributed by atoms with Gasteiger partial charge in [-0.2, -0.15) is 0 Å². The summed E-state index contributed by atoms with van der Waals surface area (Å²) in [6.07, 6.45) is 7.79. The third kappa shape index (κ3) is 8.34. The van der Waals surface area contributed by atoms with Crippen molar-refractivity contribution in [2.24, 2.45) is 0 Å². The standard InChI is InChI=1S/C11H20N.Li/c1-4-6-7-8-11(12)9-10(3)5-2;/h5,12H,2,4,6-9H2,1,3H3;. The van der Waals surface area contributed by atoms with Gasteiger partial charge in [0.05, 0.1) is 0 Å². The summed E-state index contributed by atoms with van der Waals surface area (Å²) in [5.74, 6) is 0. The molecule has 0 aromatic carbocycles. The number of unbranched alkanes of at least 4 members (excludes halogenated alkanes) is 2. The molecule has 0 aliphatic heterocycles. The van der Waals surface area contributed by atoms with Gasteiger partial charge in [-0.1, -0.05) is 0 Å². The molecule has 0 aromatic heterocycles. The van der Waals surface area contributed by atoms with Crippen LogP contribution in [0, 0.1) is 5.41 Å². The molecule has 0 amide bonds. The summed E-state index contributed by atoms with van der Waals surface area (Å²) >= 11 is 2.14. The molecule has 0 rings (SSSR count). The van der Waals surface area contributed by atoms with Crippen LogP contribution in [0.3, 0.4) is 0 Å². The van der Waals surface area contributed by atoms with Crippen molar-refractivity contribution in [3.63, 3.8) is 0 Å². The maximum atomic E-state index is 7.74. The molecule has 0 aliphatic carbocycles. The van der Waals surface area contributed by atoms with Gasteiger partial charge in [0, 0.05) is 0 Å². The van der Waals surface area contributed by atoms with E-state index in [1.54, 1.807) is 0 Å². The third-order valence-electron chi connectivity index (χ3n) is 2.13. The summed E-state index contributed by atoms with van der Waals surface area (Å²) in [6, 6.07) is 0. The van der Waals surface area contributed by atoms with Crippen LogP contribution in [0.2, 0.25) is 5.09 Å². The van der Waals surface area contributed by atoms with Crippen LogP contribution in [0.4, 0.5) is 0 Å². The van der Waals surface area contributed by atoms with Crippen molar-refractivity contribution < 1.29 is 0 Å². The summed E-state index contributed by atoms with van der Waals surface area (Å²) in [4.78, 5) is 0. The van der Waals surface area contributed by atoms with Crippen molar-refractivity contribution in [3.05, 3.63) is 11.6 Å². The normalized spacial score (nSPS) is 11.8. The van der Waals surface area contributed by atoms with Crippen LogP contribution in [-0.4, -0.2) is 23.4 Å². The second-order valence-corrected chi connectivity index (χ2v) is 3.70. The first-order valence-electron chi connectivity index (χ1n) is 5.42. The van der Waals surface area contributed by atoms with Crippen molar-refractivity contribution in [1.82, 2.24) is 0 Å². The molecular formula is C11H20LiN. The van der Waals surface area contributed by atoms with E-state index in [2.05, 4.69) is 37.6 Å². The second kappa shape index (κ2) is 8.60. The first-order valence-corrected chi connectivity index (χ1v) is 5.42. The first-order chi connectivity index (χ1) is 6.20. The van der Waals surface area contributed by atoms with Crippen LogP contribution in [0.5, 0.6) is 0 Å². The molecule has 0 atom stereocenters. The van der Waals surface area contributed by atoms with E-state index in [9.17, 15) is 0 Å². The minimum absolute atomic E-state index is 0.886. The van der Waals surface area contributed by atoms with Crippen molar-refractivity contribution in [2.75, 3.05) is 0 Å². The van der Waals surface area contributed by atoms with Gasteiger partial charge in [-0.05, 0) is 0 Å². The van der Waals surface area contributed by atoms with Crippen molar-refractivity contribution >= 4 is 23.4 Å². The topological polar surface area (TPSA) is 23.9 Å². The first kappa shape index (κ1) is 13.0. The molecule has 0 saturated carbocycles. The van der Waals surface area contributed by atoms with E-state index in [-0.39, 0.29) is 0 Å². The molecule has 0 unspecified atom stereocenters. The Hall–Kier alpha value is 0.00740. The molecule has 0 saturated heterocycles. The van der Waals surface area contributed by atoms with Gasteiger partial charge in [-0.25, -0.2) is 0 Å². The van der Waals surface area contributed by atoms with Crippen LogP contribution in [-0.2, 0) is 0 Å². The van der Waals surface area contributed by atoms with E-state index in [0.717, 1.165) is 23.6 Å². The van der Waals surface area contributed by atoms with E-state index < -0.39 is 0 Å². The third-order valence-corrected chi connectivity index (χ3v) is 2.13. The molecule has 0 spiro atoms. The molecule has 0 aliphatic rings. The second-order valence-electron chi connectivity index (χ2n) is 3.70. The molecule has 13 heavy (non-hydrogen) atoms. The van der Waals surface area contributed by atoms with Gasteiger partial charge >= 0.3 is 91.5 Å².